The maximum absolute atomic E-state index is 10.5. The van der Waals surface area contributed by atoms with Crippen molar-refractivity contribution in [1.82, 2.24) is 4.98 Å². The number of aromatic nitrogens is 1. The lowest BCUT2D eigenvalue weighted by molar-refractivity contribution is -0.137. The second-order valence-electron chi connectivity index (χ2n) is 3.69. The molecule has 1 unspecified atom stereocenters. The Balaban J connectivity index is 2.18. The topological polar surface area (TPSA) is 89.3 Å². The molecule has 0 bridgehead atoms. The first kappa shape index (κ1) is 11.8. The fraction of sp³-hybridized carbons (Fsp3) is 0.273. The molecule has 90 valence electrons. The van der Waals surface area contributed by atoms with Gasteiger partial charge < -0.3 is 15.3 Å². The lowest BCUT2D eigenvalue weighted by atomic mass is 10.2. The van der Waals surface area contributed by atoms with Crippen molar-refractivity contribution in [3.63, 3.8) is 0 Å². The molecule has 2 rings (SSSR count). The summed E-state index contributed by atoms with van der Waals surface area (Å²) < 4.78 is 5.43. The van der Waals surface area contributed by atoms with Crippen LogP contribution in [0.1, 0.15) is 23.9 Å². The predicted octanol–water partition coefficient (Wildman–Crippen LogP) is 2.19. The van der Waals surface area contributed by atoms with Gasteiger partial charge in [-0.25, -0.2) is 4.98 Å². The maximum Gasteiger partial charge on any atom is 0.305 e. The van der Waals surface area contributed by atoms with Crippen LogP contribution in [0.4, 0.5) is 0 Å². The second kappa shape index (κ2) is 4.68. The number of hydrogen-bond donors (Lipinski definition) is 2. The Morgan fingerprint density at radius 3 is 3.00 bits per heavy atom. The van der Waals surface area contributed by atoms with Crippen molar-refractivity contribution in [1.29, 1.82) is 0 Å². The summed E-state index contributed by atoms with van der Waals surface area (Å²) in [4.78, 5) is 14.8. The van der Waals surface area contributed by atoms with E-state index in [1.165, 1.54) is 11.3 Å². The smallest absolute Gasteiger partial charge is 0.305 e. The van der Waals surface area contributed by atoms with Gasteiger partial charge in [0.25, 0.3) is 0 Å². The molecule has 0 aliphatic heterocycles. The van der Waals surface area contributed by atoms with Crippen LogP contribution < -0.4 is 5.73 Å². The summed E-state index contributed by atoms with van der Waals surface area (Å²) in [5, 5.41) is 11.1. The number of carbonyl (C=O) groups is 1. The van der Waals surface area contributed by atoms with Crippen LogP contribution in [0.2, 0.25) is 0 Å². The molecule has 0 saturated heterocycles. The number of aliphatic carboxylic acids is 1. The summed E-state index contributed by atoms with van der Waals surface area (Å²) in [6.07, 6.45) is -0.125. The summed E-state index contributed by atoms with van der Waals surface area (Å²) in [5.41, 5.74) is 6.31. The maximum atomic E-state index is 10.5. The normalized spacial score (nSPS) is 12.6. The highest BCUT2D eigenvalue weighted by atomic mass is 32.1. The van der Waals surface area contributed by atoms with Gasteiger partial charge >= 0.3 is 5.97 Å². The van der Waals surface area contributed by atoms with Gasteiger partial charge in [0.15, 0.2) is 10.8 Å². The van der Waals surface area contributed by atoms with E-state index in [-0.39, 0.29) is 6.42 Å². The summed E-state index contributed by atoms with van der Waals surface area (Å²) >= 11 is 1.39. The molecule has 2 aromatic heterocycles. The van der Waals surface area contributed by atoms with Crippen LogP contribution in [-0.4, -0.2) is 16.1 Å². The first-order chi connectivity index (χ1) is 8.06. The van der Waals surface area contributed by atoms with Crippen molar-refractivity contribution >= 4 is 17.3 Å². The van der Waals surface area contributed by atoms with E-state index in [0.29, 0.717) is 16.5 Å². The van der Waals surface area contributed by atoms with Gasteiger partial charge in [0, 0.05) is 5.38 Å². The molecular formula is C11H12N2O3S. The summed E-state index contributed by atoms with van der Waals surface area (Å²) in [6, 6.07) is 3.11. The lowest BCUT2D eigenvalue weighted by Crippen LogP contribution is -2.15. The van der Waals surface area contributed by atoms with E-state index in [1.54, 1.807) is 5.38 Å². The van der Waals surface area contributed by atoms with Gasteiger partial charge in [-0.05, 0) is 19.1 Å². The van der Waals surface area contributed by atoms with Gasteiger partial charge in [0.1, 0.15) is 5.76 Å². The van der Waals surface area contributed by atoms with Gasteiger partial charge in [0.2, 0.25) is 0 Å². The third kappa shape index (κ3) is 2.72. The molecule has 0 aliphatic carbocycles. The predicted molar refractivity (Wildman–Crippen MR) is 63.7 cm³/mol. The number of aryl methyl sites for hydroxylation is 1. The molecule has 3 N–H and O–H groups in total. The Bertz CT molecular complexity index is 532. The number of nitrogens with two attached hydrogens (primary N) is 1. The molecule has 2 heterocycles. The van der Waals surface area contributed by atoms with Crippen LogP contribution in [0.25, 0.3) is 10.8 Å². The van der Waals surface area contributed by atoms with Gasteiger partial charge in [-0.1, -0.05) is 0 Å². The highest BCUT2D eigenvalue weighted by molar-refractivity contribution is 7.13. The quantitative estimate of drug-likeness (QED) is 0.870. The minimum absolute atomic E-state index is 0.125. The molecule has 0 fully saturated rings. The van der Waals surface area contributed by atoms with Crippen molar-refractivity contribution in [3.05, 3.63) is 29.0 Å². The zero-order chi connectivity index (χ0) is 12.4. The zero-order valence-electron chi connectivity index (χ0n) is 9.21. The third-order valence-corrected chi connectivity index (χ3v) is 3.12. The van der Waals surface area contributed by atoms with E-state index in [4.69, 9.17) is 15.3 Å². The monoisotopic (exact) mass is 252 g/mol. The lowest BCUT2D eigenvalue weighted by Gasteiger charge is -2.03. The molecule has 0 spiro atoms. The SMILES string of the molecule is Cc1ccc(-c2nc(C(N)CC(=O)O)cs2)o1. The van der Waals surface area contributed by atoms with E-state index in [0.717, 1.165) is 5.76 Å². The van der Waals surface area contributed by atoms with Crippen molar-refractivity contribution < 1.29 is 14.3 Å². The van der Waals surface area contributed by atoms with Crippen molar-refractivity contribution in [2.24, 2.45) is 5.73 Å². The Kier molecular flexibility index (Phi) is 3.26. The van der Waals surface area contributed by atoms with Gasteiger partial charge in [0.05, 0.1) is 18.2 Å². The van der Waals surface area contributed by atoms with Gasteiger partial charge in [-0.3, -0.25) is 4.79 Å². The third-order valence-electron chi connectivity index (χ3n) is 2.25. The minimum atomic E-state index is -0.930. The van der Waals surface area contributed by atoms with E-state index < -0.39 is 12.0 Å². The fourth-order valence-electron chi connectivity index (χ4n) is 1.41. The molecule has 2 aromatic rings. The minimum Gasteiger partial charge on any atom is -0.481 e. The van der Waals surface area contributed by atoms with Crippen LogP contribution in [0.5, 0.6) is 0 Å². The summed E-state index contributed by atoms with van der Waals surface area (Å²) in [7, 11) is 0. The molecule has 17 heavy (non-hydrogen) atoms. The highest BCUT2D eigenvalue weighted by Gasteiger charge is 2.15. The molecular weight excluding hydrogens is 240 g/mol. The molecule has 0 saturated carbocycles. The van der Waals surface area contributed by atoms with Crippen molar-refractivity contribution in [2.75, 3.05) is 0 Å². The van der Waals surface area contributed by atoms with Crippen LogP contribution in [0, 0.1) is 6.92 Å². The molecule has 0 aliphatic rings. The van der Waals surface area contributed by atoms with Crippen molar-refractivity contribution in [2.45, 2.75) is 19.4 Å². The van der Waals surface area contributed by atoms with Crippen molar-refractivity contribution in [3.8, 4) is 10.8 Å². The number of rotatable bonds is 4. The highest BCUT2D eigenvalue weighted by Crippen LogP contribution is 2.27. The van der Waals surface area contributed by atoms with Gasteiger partial charge in [-0.15, -0.1) is 11.3 Å². The number of carboxylic acid groups (broad SMARTS) is 1. The first-order valence-electron chi connectivity index (χ1n) is 5.06. The number of thiazole rings is 1. The van der Waals surface area contributed by atoms with Crippen LogP contribution in [0.3, 0.4) is 0 Å². The second-order valence-corrected chi connectivity index (χ2v) is 4.55. The standard InChI is InChI=1S/C11H12N2O3S/c1-6-2-3-9(16-6)11-13-8(5-17-11)7(12)4-10(14)15/h2-3,5,7H,4,12H2,1H3,(H,14,15). The molecule has 5 nitrogen and oxygen atoms in total. The fourth-order valence-corrected chi connectivity index (χ4v) is 2.26. The molecule has 0 radical (unpaired) electrons. The van der Waals surface area contributed by atoms with E-state index in [2.05, 4.69) is 4.98 Å². The number of carboxylic acids is 1. The summed E-state index contributed by atoms with van der Waals surface area (Å²) in [5.74, 6) is 0.564. The Morgan fingerprint density at radius 2 is 2.41 bits per heavy atom. The molecule has 0 aromatic carbocycles. The zero-order valence-corrected chi connectivity index (χ0v) is 10.0. The molecule has 0 amide bonds. The average Bonchev–Trinajstić information content (AvgIpc) is 2.84. The Hall–Kier alpha value is -1.66. The average molecular weight is 252 g/mol. The van der Waals surface area contributed by atoms with E-state index >= 15 is 0 Å². The molecule has 1 atom stereocenters. The van der Waals surface area contributed by atoms with Crippen LogP contribution in [0.15, 0.2) is 21.9 Å². The van der Waals surface area contributed by atoms with Crippen LogP contribution >= 0.6 is 11.3 Å². The molecule has 6 heteroatoms. The van der Waals surface area contributed by atoms with E-state index in [1.807, 2.05) is 19.1 Å². The van der Waals surface area contributed by atoms with E-state index in [9.17, 15) is 4.79 Å². The Morgan fingerprint density at radius 1 is 1.65 bits per heavy atom. The Labute approximate surface area is 102 Å². The van der Waals surface area contributed by atoms with Crippen LogP contribution in [-0.2, 0) is 4.79 Å². The number of nitrogens with zero attached hydrogens (tertiary/aromatic N) is 1. The first-order valence-corrected chi connectivity index (χ1v) is 5.94. The largest absolute Gasteiger partial charge is 0.481 e. The summed E-state index contributed by atoms with van der Waals surface area (Å²) in [6.45, 7) is 1.86. The number of hydrogen-bond acceptors (Lipinski definition) is 5. The van der Waals surface area contributed by atoms with Gasteiger partial charge in [-0.2, -0.15) is 0 Å². The number of furan rings is 1.